The molecule has 5 N–H and O–H groups in total. The lowest BCUT2D eigenvalue weighted by Gasteiger charge is -2.25. The number of amides is 1. The van der Waals surface area contributed by atoms with Crippen LogP contribution in [0.25, 0.3) is 11.2 Å². The number of aromatic nitrogens is 4. The summed E-state index contributed by atoms with van der Waals surface area (Å²) in [5.41, 5.74) is 7.12. The van der Waals surface area contributed by atoms with Crippen molar-refractivity contribution in [2.24, 2.45) is 17.6 Å². The van der Waals surface area contributed by atoms with Gasteiger partial charge in [0.25, 0.3) is 0 Å². The predicted octanol–water partition coefficient (Wildman–Crippen LogP) is 0.881. The SMILES string of the molecule is CC(C(N)=O)[C@@H]1C[C@@H](n2cnc3c(N(C)[C@@H](O)Cc4ccccc4)nc(Cl)nc32)[C@H](O)[C@@H]1O. The van der Waals surface area contributed by atoms with E-state index in [-0.39, 0.29) is 5.28 Å². The van der Waals surface area contributed by atoms with E-state index in [0.717, 1.165) is 5.56 Å². The highest BCUT2D eigenvalue weighted by Gasteiger charge is 2.46. The summed E-state index contributed by atoms with van der Waals surface area (Å²) in [7, 11) is 1.68. The highest BCUT2D eigenvalue weighted by Crippen LogP contribution is 2.41. The molecule has 0 aliphatic heterocycles. The molecule has 1 aliphatic carbocycles. The van der Waals surface area contributed by atoms with E-state index in [2.05, 4.69) is 15.0 Å². The number of fused-ring (bicyclic) bond motifs is 1. The van der Waals surface area contributed by atoms with Crippen molar-refractivity contribution in [1.82, 2.24) is 19.5 Å². The second-order valence-electron chi connectivity index (χ2n) is 8.56. The van der Waals surface area contributed by atoms with Gasteiger partial charge >= 0.3 is 0 Å². The van der Waals surface area contributed by atoms with Crippen LogP contribution < -0.4 is 10.6 Å². The van der Waals surface area contributed by atoms with Crippen LogP contribution in [0.1, 0.15) is 24.9 Å². The van der Waals surface area contributed by atoms with Gasteiger partial charge in [0.1, 0.15) is 12.3 Å². The smallest absolute Gasteiger partial charge is 0.226 e. The summed E-state index contributed by atoms with van der Waals surface area (Å²) in [6, 6.07) is 8.96. The van der Waals surface area contributed by atoms with Gasteiger partial charge in [-0.15, -0.1) is 0 Å². The van der Waals surface area contributed by atoms with Crippen molar-refractivity contribution in [2.75, 3.05) is 11.9 Å². The zero-order valence-corrected chi connectivity index (χ0v) is 19.0. The molecule has 1 saturated carbocycles. The van der Waals surface area contributed by atoms with Crippen LogP contribution in [0.5, 0.6) is 0 Å². The second kappa shape index (κ2) is 9.22. The van der Waals surface area contributed by atoms with Crippen LogP contribution in [0.4, 0.5) is 5.82 Å². The lowest BCUT2D eigenvalue weighted by molar-refractivity contribution is -0.124. The van der Waals surface area contributed by atoms with Crippen LogP contribution in [-0.4, -0.2) is 66.2 Å². The molecule has 4 rings (SSSR count). The Balaban J connectivity index is 1.66. The molecule has 6 atom stereocenters. The Morgan fingerprint density at radius 3 is 2.64 bits per heavy atom. The van der Waals surface area contributed by atoms with Crippen LogP contribution in [0.2, 0.25) is 5.28 Å². The van der Waals surface area contributed by atoms with E-state index in [9.17, 15) is 20.1 Å². The summed E-state index contributed by atoms with van der Waals surface area (Å²) < 4.78 is 1.63. The second-order valence-corrected chi connectivity index (χ2v) is 8.90. The average molecular weight is 475 g/mol. The number of anilines is 1. The highest BCUT2D eigenvalue weighted by molar-refractivity contribution is 6.28. The predicted molar refractivity (Wildman–Crippen MR) is 122 cm³/mol. The normalized spacial score (nSPS) is 24.7. The maximum absolute atomic E-state index is 11.6. The van der Waals surface area contributed by atoms with Crippen LogP contribution in [0, 0.1) is 11.8 Å². The Morgan fingerprint density at radius 1 is 1.27 bits per heavy atom. The maximum atomic E-state index is 11.6. The van der Waals surface area contributed by atoms with E-state index < -0.39 is 42.2 Å². The van der Waals surface area contributed by atoms with Gasteiger partial charge in [0.05, 0.1) is 18.5 Å². The number of likely N-dealkylation sites (N-methyl/N-ethyl adjacent to an activating group) is 1. The number of halogens is 1. The van der Waals surface area contributed by atoms with E-state index in [1.165, 1.54) is 6.33 Å². The fourth-order valence-electron chi connectivity index (χ4n) is 4.49. The summed E-state index contributed by atoms with van der Waals surface area (Å²) in [5, 5.41) is 32.0. The topological polar surface area (TPSA) is 151 Å². The number of rotatable bonds is 7. The molecule has 176 valence electrons. The zero-order chi connectivity index (χ0) is 23.9. The van der Waals surface area contributed by atoms with Gasteiger partial charge in [-0.05, 0) is 23.6 Å². The first kappa shape index (κ1) is 23.4. The number of hydrogen-bond acceptors (Lipinski definition) is 8. The maximum Gasteiger partial charge on any atom is 0.226 e. The molecule has 2 heterocycles. The lowest BCUT2D eigenvalue weighted by atomic mass is 9.90. The van der Waals surface area contributed by atoms with Crippen LogP contribution in [0.15, 0.2) is 36.7 Å². The zero-order valence-electron chi connectivity index (χ0n) is 18.3. The summed E-state index contributed by atoms with van der Waals surface area (Å²) in [6.07, 6.45) is -1.00. The van der Waals surface area contributed by atoms with Gasteiger partial charge in [0, 0.05) is 25.3 Å². The minimum Gasteiger partial charge on any atom is -0.390 e. The molecule has 10 nitrogen and oxygen atoms in total. The van der Waals surface area contributed by atoms with E-state index in [4.69, 9.17) is 17.3 Å². The summed E-state index contributed by atoms with van der Waals surface area (Å²) >= 11 is 6.21. The summed E-state index contributed by atoms with van der Waals surface area (Å²) in [4.78, 5) is 26.2. The standard InChI is InChI=1S/C22H27ClN6O4/c1-11(19(24)33)13-9-14(18(32)17(13)31)29-10-25-16-20(26-22(23)27-21(16)29)28(2)15(30)8-12-6-4-3-5-7-12/h3-7,10-11,13-15,17-18,30-32H,8-9H2,1-2H3,(H2,24,33)/t11?,13-,14+,15-,17+,18-/m0/s1. The Morgan fingerprint density at radius 2 is 1.97 bits per heavy atom. The molecule has 1 aliphatic rings. The molecule has 0 radical (unpaired) electrons. The third-order valence-corrected chi connectivity index (χ3v) is 6.73. The first-order valence-electron chi connectivity index (χ1n) is 10.7. The number of benzene rings is 1. The molecule has 3 aromatic rings. The fraction of sp³-hybridized carbons (Fsp3) is 0.455. The molecular formula is C22H27ClN6O4. The Kier molecular flexibility index (Phi) is 6.53. The van der Waals surface area contributed by atoms with Gasteiger partial charge in [0.2, 0.25) is 11.2 Å². The minimum atomic E-state index is -1.15. The lowest BCUT2D eigenvalue weighted by Crippen LogP contribution is -2.35. The Labute approximate surface area is 195 Å². The van der Waals surface area contributed by atoms with Gasteiger partial charge in [-0.2, -0.15) is 9.97 Å². The van der Waals surface area contributed by atoms with Gasteiger partial charge in [-0.3, -0.25) is 4.79 Å². The van der Waals surface area contributed by atoms with E-state index in [1.807, 2.05) is 30.3 Å². The minimum absolute atomic E-state index is 0.0481. The number of nitrogens with two attached hydrogens (primary N) is 1. The van der Waals surface area contributed by atoms with E-state index >= 15 is 0 Å². The van der Waals surface area contributed by atoms with Gasteiger partial charge in [0.15, 0.2) is 17.0 Å². The monoisotopic (exact) mass is 474 g/mol. The average Bonchev–Trinajstić information content (AvgIpc) is 3.33. The van der Waals surface area contributed by atoms with Crippen molar-refractivity contribution in [3.63, 3.8) is 0 Å². The van der Waals surface area contributed by atoms with Gasteiger partial charge in [-0.1, -0.05) is 37.3 Å². The molecule has 1 unspecified atom stereocenters. The van der Waals surface area contributed by atoms with Crippen molar-refractivity contribution >= 4 is 34.5 Å². The quantitative estimate of drug-likeness (QED) is 0.291. The van der Waals surface area contributed by atoms with Crippen LogP contribution in [0.3, 0.4) is 0 Å². The van der Waals surface area contributed by atoms with Gasteiger partial charge in [-0.25, -0.2) is 4.98 Å². The number of nitrogens with zero attached hydrogens (tertiary/aromatic N) is 5. The first-order chi connectivity index (χ1) is 15.7. The number of carbonyl (C=O) groups is 1. The number of aliphatic hydroxyl groups excluding tert-OH is 3. The highest BCUT2D eigenvalue weighted by atomic mass is 35.5. The molecule has 1 amide bonds. The van der Waals surface area contributed by atoms with Crippen molar-refractivity contribution in [3.05, 3.63) is 47.5 Å². The molecule has 1 aromatic carbocycles. The molecule has 0 saturated heterocycles. The number of primary amides is 1. The largest absolute Gasteiger partial charge is 0.390 e. The van der Waals surface area contributed by atoms with Crippen molar-refractivity contribution in [2.45, 2.75) is 44.2 Å². The van der Waals surface area contributed by atoms with Crippen molar-refractivity contribution in [1.29, 1.82) is 0 Å². The molecule has 0 bridgehead atoms. The number of carbonyl (C=O) groups excluding carboxylic acids is 1. The molecule has 1 fully saturated rings. The third kappa shape index (κ3) is 4.39. The molecular weight excluding hydrogens is 448 g/mol. The number of aliphatic hydroxyl groups is 3. The molecule has 0 spiro atoms. The van der Waals surface area contributed by atoms with Crippen LogP contribution >= 0.6 is 11.6 Å². The van der Waals surface area contributed by atoms with E-state index in [1.54, 1.807) is 23.4 Å². The molecule has 11 heteroatoms. The Bertz CT molecular complexity index is 1140. The van der Waals surface area contributed by atoms with E-state index in [0.29, 0.717) is 29.8 Å². The van der Waals surface area contributed by atoms with Crippen LogP contribution in [-0.2, 0) is 11.2 Å². The molecule has 2 aromatic heterocycles. The summed E-state index contributed by atoms with van der Waals surface area (Å²) in [6.45, 7) is 1.64. The van der Waals surface area contributed by atoms with Crippen molar-refractivity contribution < 1.29 is 20.1 Å². The summed E-state index contributed by atoms with van der Waals surface area (Å²) in [5.74, 6) is -1.32. The Hall–Kier alpha value is -2.79. The number of hydrogen-bond donors (Lipinski definition) is 4. The fourth-order valence-corrected chi connectivity index (χ4v) is 4.66. The first-order valence-corrected chi connectivity index (χ1v) is 11.1. The number of imidazole rings is 1. The molecule has 33 heavy (non-hydrogen) atoms. The van der Waals surface area contributed by atoms with Crippen molar-refractivity contribution in [3.8, 4) is 0 Å². The van der Waals surface area contributed by atoms with Gasteiger partial charge < -0.3 is 30.5 Å². The third-order valence-electron chi connectivity index (χ3n) is 6.56.